The Balaban J connectivity index is 1.67. The van der Waals surface area contributed by atoms with Crippen LogP contribution in [0.15, 0.2) is 48.5 Å². The van der Waals surface area contributed by atoms with Crippen molar-refractivity contribution < 1.29 is 9.84 Å². The Morgan fingerprint density at radius 1 is 1.14 bits per heavy atom. The fourth-order valence-corrected chi connectivity index (χ4v) is 2.46. The molecule has 0 spiro atoms. The van der Waals surface area contributed by atoms with Crippen molar-refractivity contribution in [1.82, 2.24) is 5.32 Å². The van der Waals surface area contributed by atoms with E-state index in [1.165, 1.54) is 5.56 Å². The van der Waals surface area contributed by atoms with E-state index in [4.69, 9.17) is 16.3 Å². The smallest absolute Gasteiger partial charge is 0.140 e. The molecule has 2 aromatic carbocycles. The molecule has 0 aliphatic carbocycles. The van der Waals surface area contributed by atoms with Crippen LogP contribution in [-0.2, 0) is 6.42 Å². The van der Waals surface area contributed by atoms with E-state index in [0.717, 1.165) is 18.5 Å². The van der Waals surface area contributed by atoms with Gasteiger partial charge >= 0.3 is 0 Å². The molecule has 2 aromatic rings. The molecule has 0 heterocycles. The van der Waals surface area contributed by atoms with Crippen LogP contribution in [0.1, 0.15) is 11.1 Å². The van der Waals surface area contributed by atoms with Crippen LogP contribution in [0.25, 0.3) is 0 Å². The maximum absolute atomic E-state index is 9.96. The summed E-state index contributed by atoms with van der Waals surface area (Å²) in [6.45, 7) is 3.48. The topological polar surface area (TPSA) is 41.5 Å². The standard InChI is InChI=1S/C18H22ClNO2/c1-14-6-5-9-17(19)18(14)22-13-16(21)12-20-11-10-15-7-3-2-4-8-15/h2-9,16,20-21H,10-13H2,1H3. The number of rotatable bonds is 8. The molecule has 1 atom stereocenters. The van der Waals surface area contributed by atoms with Crippen molar-refractivity contribution in [2.75, 3.05) is 19.7 Å². The first-order chi connectivity index (χ1) is 10.7. The number of hydrogen-bond donors (Lipinski definition) is 2. The van der Waals surface area contributed by atoms with E-state index in [1.807, 2.05) is 37.3 Å². The van der Waals surface area contributed by atoms with Gasteiger partial charge in [0.15, 0.2) is 0 Å². The maximum atomic E-state index is 9.96. The largest absolute Gasteiger partial charge is 0.489 e. The monoisotopic (exact) mass is 319 g/mol. The Morgan fingerprint density at radius 2 is 1.91 bits per heavy atom. The Hall–Kier alpha value is -1.55. The quantitative estimate of drug-likeness (QED) is 0.734. The van der Waals surface area contributed by atoms with Crippen molar-refractivity contribution >= 4 is 11.6 Å². The third-order valence-corrected chi connectivity index (χ3v) is 3.69. The predicted octanol–water partition coefficient (Wildman–Crippen LogP) is 3.22. The van der Waals surface area contributed by atoms with Crippen LogP contribution in [-0.4, -0.2) is 30.9 Å². The molecule has 0 saturated heterocycles. The zero-order valence-corrected chi connectivity index (χ0v) is 13.5. The third kappa shape index (κ3) is 5.34. The van der Waals surface area contributed by atoms with Crippen molar-refractivity contribution in [3.8, 4) is 5.75 Å². The fourth-order valence-electron chi connectivity index (χ4n) is 2.18. The molecule has 22 heavy (non-hydrogen) atoms. The van der Waals surface area contributed by atoms with Crippen molar-refractivity contribution in [1.29, 1.82) is 0 Å². The number of benzene rings is 2. The van der Waals surface area contributed by atoms with Crippen molar-refractivity contribution in [2.24, 2.45) is 0 Å². The lowest BCUT2D eigenvalue weighted by molar-refractivity contribution is 0.106. The molecule has 118 valence electrons. The van der Waals surface area contributed by atoms with E-state index in [1.54, 1.807) is 6.07 Å². The first-order valence-corrected chi connectivity index (χ1v) is 7.85. The van der Waals surface area contributed by atoms with Gasteiger partial charge in [0.05, 0.1) is 5.02 Å². The molecule has 0 saturated carbocycles. The summed E-state index contributed by atoms with van der Waals surface area (Å²) in [5.74, 6) is 0.646. The van der Waals surface area contributed by atoms with Crippen LogP contribution in [0.3, 0.4) is 0 Å². The van der Waals surface area contributed by atoms with Gasteiger partial charge in [-0.3, -0.25) is 0 Å². The normalized spacial score (nSPS) is 12.1. The lowest BCUT2D eigenvalue weighted by Crippen LogP contribution is -2.32. The highest BCUT2D eigenvalue weighted by Gasteiger charge is 2.09. The number of aliphatic hydroxyl groups is 1. The van der Waals surface area contributed by atoms with Gasteiger partial charge in [-0.2, -0.15) is 0 Å². The molecule has 0 aliphatic rings. The van der Waals surface area contributed by atoms with Crippen LogP contribution in [0, 0.1) is 6.92 Å². The minimum absolute atomic E-state index is 0.225. The van der Waals surface area contributed by atoms with Gasteiger partial charge in [-0.05, 0) is 37.1 Å². The zero-order chi connectivity index (χ0) is 15.8. The highest BCUT2D eigenvalue weighted by atomic mass is 35.5. The molecule has 0 amide bonds. The summed E-state index contributed by atoms with van der Waals surface area (Å²) >= 11 is 6.09. The molecule has 1 unspecified atom stereocenters. The number of hydrogen-bond acceptors (Lipinski definition) is 3. The number of aryl methyl sites for hydroxylation is 1. The van der Waals surface area contributed by atoms with Crippen molar-refractivity contribution in [3.05, 3.63) is 64.7 Å². The summed E-state index contributed by atoms with van der Waals surface area (Å²) < 4.78 is 5.62. The minimum Gasteiger partial charge on any atom is -0.489 e. The summed E-state index contributed by atoms with van der Waals surface area (Å²) in [6, 6.07) is 15.9. The average Bonchev–Trinajstić information content (AvgIpc) is 2.52. The van der Waals surface area contributed by atoms with Crippen LogP contribution in [0.2, 0.25) is 5.02 Å². The van der Waals surface area contributed by atoms with Crippen molar-refractivity contribution in [3.63, 3.8) is 0 Å². The van der Waals surface area contributed by atoms with E-state index in [-0.39, 0.29) is 6.61 Å². The first-order valence-electron chi connectivity index (χ1n) is 7.47. The van der Waals surface area contributed by atoms with E-state index in [9.17, 15) is 5.11 Å². The molecule has 0 aliphatic heterocycles. The lowest BCUT2D eigenvalue weighted by atomic mass is 10.1. The number of para-hydroxylation sites is 1. The summed E-state index contributed by atoms with van der Waals surface area (Å²) in [5.41, 5.74) is 2.25. The number of aliphatic hydroxyl groups excluding tert-OH is 1. The molecule has 0 radical (unpaired) electrons. The Morgan fingerprint density at radius 3 is 2.64 bits per heavy atom. The summed E-state index contributed by atoms with van der Waals surface area (Å²) in [6.07, 6.45) is 0.379. The van der Waals surface area contributed by atoms with Crippen LogP contribution in [0.5, 0.6) is 5.75 Å². The predicted molar refractivity (Wildman–Crippen MR) is 90.7 cm³/mol. The van der Waals surface area contributed by atoms with Gasteiger partial charge in [0, 0.05) is 6.54 Å². The molecule has 2 N–H and O–H groups in total. The maximum Gasteiger partial charge on any atom is 0.140 e. The molecule has 0 bridgehead atoms. The Kier molecular flexibility index (Phi) is 6.72. The molecule has 0 aromatic heterocycles. The third-order valence-electron chi connectivity index (χ3n) is 3.40. The zero-order valence-electron chi connectivity index (χ0n) is 12.8. The number of halogens is 1. The van der Waals surface area contributed by atoms with Gasteiger partial charge in [-0.1, -0.05) is 54.1 Å². The van der Waals surface area contributed by atoms with Crippen molar-refractivity contribution in [2.45, 2.75) is 19.4 Å². The van der Waals surface area contributed by atoms with Gasteiger partial charge in [0.25, 0.3) is 0 Å². The Bertz CT molecular complexity index is 554. The highest BCUT2D eigenvalue weighted by Crippen LogP contribution is 2.27. The Labute approximate surface area is 136 Å². The lowest BCUT2D eigenvalue weighted by Gasteiger charge is -2.15. The summed E-state index contributed by atoms with van der Waals surface area (Å²) in [4.78, 5) is 0. The van der Waals surface area contributed by atoms with E-state index in [0.29, 0.717) is 17.3 Å². The number of nitrogens with one attached hydrogen (secondary N) is 1. The molecule has 3 nitrogen and oxygen atoms in total. The number of ether oxygens (including phenoxy) is 1. The molecule has 0 fully saturated rings. The molecular formula is C18H22ClNO2. The van der Waals surface area contributed by atoms with Crippen LogP contribution >= 0.6 is 11.6 Å². The minimum atomic E-state index is -0.563. The average molecular weight is 320 g/mol. The van der Waals surface area contributed by atoms with E-state index < -0.39 is 6.10 Å². The second-order valence-electron chi connectivity index (χ2n) is 5.29. The van der Waals surface area contributed by atoms with Gasteiger partial charge in [-0.15, -0.1) is 0 Å². The summed E-state index contributed by atoms with van der Waals surface area (Å²) in [7, 11) is 0. The molecular weight excluding hydrogens is 298 g/mol. The van der Waals surface area contributed by atoms with E-state index >= 15 is 0 Å². The highest BCUT2D eigenvalue weighted by molar-refractivity contribution is 6.32. The van der Waals surface area contributed by atoms with E-state index in [2.05, 4.69) is 17.4 Å². The van der Waals surface area contributed by atoms with Crippen LogP contribution < -0.4 is 10.1 Å². The first kappa shape index (κ1) is 16.8. The van der Waals surface area contributed by atoms with Gasteiger partial charge in [-0.25, -0.2) is 0 Å². The van der Waals surface area contributed by atoms with Crippen LogP contribution in [0.4, 0.5) is 0 Å². The van der Waals surface area contributed by atoms with Gasteiger partial charge in [0.1, 0.15) is 18.5 Å². The van der Waals surface area contributed by atoms with Gasteiger partial charge in [0.2, 0.25) is 0 Å². The second kappa shape index (κ2) is 8.79. The molecule has 4 heteroatoms. The SMILES string of the molecule is Cc1cccc(Cl)c1OCC(O)CNCCc1ccccc1. The summed E-state index contributed by atoms with van der Waals surface area (Å²) in [5, 5.41) is 13.8. The molecule has 2 rings (SSSR count). The second-order valence-corrected chi connectivity index (χ2v) is 5.70. The fraction of sp³-hybridized carbons (Fsp3) is 0.333. The van der Waals surface area contributed by atoms with Gasteiger partial charge < -0.3 is 15.2 Å².